The summed E-state index contributed by atoms with van der Waals surface area (Å²) >= 11 is 0. The lowest BCUT2D eigenvalue weighted by atomic mass is 10.1. The van der Waals surface area contributed by atoms with Crippen LogP contribution < -0.4 is 16.2 Å². The number of benzene rings is 1. The van der Waals surface area contributed by atoms with Crippen LogP contribution in [0.2, 0.25) is 0 Å². The summed E-state index contributed by atoms with van der Waals surface area (Å²) in [5, 5.41) is 8.55. The highest BCUT2D eigenvalue weighted by Crippen LogP contribution is 2.16. The summed E-state index contributed by atoms with van der Waals surface area (Å²) in [7, 11) is -1.97. The van der Waals surface area contributed by atoms with Gasteiger partial charge in [-0.2, -0.15) is 0 Å². The number of rotatable bonds is 9. The Kier molecular flexibility index (Phi) is 7.27. The number of primary sulfonamides is 1. The Bertz CT molecular complexity index is 517. The van der Waals surface area contributed by atoms with E-state index in [1.807, 2.05) is 6.92 Å². The van der Waals surface area contributed by atoms with E-state index in [4.69, 9.17) is 15.6 Å². The summed E-state index contributed by atoms with van der Waals surface area (Å²) in [4.78, 5) is 0.120. The zero-order chi connectivity index (χ0) is 15.9. The Balaban J connectivity index is 2.71. The molecule has 0 spiro atoms. The second-order valence-corrected chi connectivity index (χ2v) is 6.65. The lowest BCUT2D eigenvalue weighted by Gasteiger charge is -2.23. The van der Waals surface area contributed by atoms with Crippen molar-refractivity contribution in [3.63, 3.8) is 0 Å². The minimum atomic E-state index is -3.64. The lowest BCUT2D eigenvalue weighted by Crippen LogP contribution is -2.35. The molecule has 0 bridgehead atoms. The van der Waals surface area contributed by atoms with Gasteiger partial charge in [0, 0.05) is 19.2 Å². The fourth-order valence-electron chi connectivity index (χ4n) is 2.18. The van der Waals surface area contributed by atoms with Crippen molar-refractivity contribution in [2.24, 2.45) is 10.9 Å². The van der Waals surface area contributed by atoms with E-state index in [9.17, 15) is 8.42 Å². The third-order valence-electron chi connectivity index (χ3n) is 3.32. The first-order valence-electron chi connectivity index (χ1n) is 6.96. The van der Waals surface area contributed by atoms with Crippen LogP contribution >= 0.6 is 0 Å². The Morgan fingerprint density at radius 3 is 2.38 bits per heavy atom. The highest BCUT2D eigenvalue weighted by Gasteiger charge is 2.14. The van der Waals surface area contributed by atoms with Gasteiger partial charge in [-0.3, -0.25) is 0 Å². The largest absolute Gasteiger partial charge is 0.383 e. The normalized spacial score (nSPS) is 14.9. The maximum absolute atomic E-state index is 11.2. The molecule has 6 nitrogen and oxygen atoms in total. The van der Waals surface area contributed by atoms with Crippen molar-refractivity contribution in [1.29, 1.82) is 0 Å². The van der Waals surface area contributed by atoms with Gasteiger partial charge in [0.2, 0.25) is 10.0 Å². The van der Waals surface area contributed by atoms with Gasteiger partial charge in [-0.05, 0) is 44.0 Å². The number of hydrogen-bond donors (Lipinski definition) is 3. The summed E-state index contributed by atoms with van der Waals surface area (Å²) in [6, 6.07) is 6.88. The molecule has 1 aromatic rings. The molecule has 0 aromatic heterocycles. The second-order valence-electron chi connectivity index (χ2n) is 5.09. The summed E-state index contributed by atoms with van der Waals surface area (Å²) in [5.74, 6) is 0. The van der Waals surface area contributed by atoms with Crippen LogP contribution in [0.15, 0.2) is 29.2 Å². The number of ether oxygens (including phenoxy) is 1. The van der Waals surface area contributed by atoms with Gasteiger partial charge in [0.25, 0.3) is 0 Å². The number of sulfonamides is 1. The maximum atomic E-state index is 11.2. The fraction of sp³-hybridized carbons (Fsp3) is 0.571. The van der Waals surface area contributed by atoms with E-state index < -0.39 is 10.0 Å². The molecule has 0 fully saturated rings. The topological polar surface area (TPSA) is 107 Å². The van der Waals surface area contributed by atoms with E-state index in [1.165, 1.54) is 12.1 Å². The van der Waals surface area contributed by atoms with Crippen molar-refractivity contribution in [2.75, 3.05) is 20.3 Å². The van der Waals surface area contributed by atoms with E-state index in [-0.39, 0.29) is 17.0 Å². The van der Waals surface area contributed by atoms with Crippen LogP contribution in [0, 0.1) is 0 Å². The minimum Gasteiger partial charge on any atom is -0.383 e. The molecule has 0 aliphatic carbocycles. The van der Waals surface area contributed by atoms with Crippen molar-refractivity contribution in [1.82, 2.24) is 5.32 Å². The summed E-state index contributed by atoms with van der Waals surface area (Å²) in [5.41, 5.74) is 6.53. The predicted molar refractivity (Wildman–Crippen MR) is 83.3 cm³/mol. The van der Waals surface area contributed by atoms with Gasteiger partial charge in [-0.1, -0.05) is 12.1 Å². The molecule has 0 heterocycles. The van der Waals surface area contributed by atoms with Crippen molar-refractivity contribution in [2.45, 2.75) is 36.7 Å². The number of nitrogens with one attached hydrogen (secondary N) is 1. The first kappa shape index (κ1) is 18.1. The predicted octanol–water partition coefficient (Wildman–Crippen LogP) is 0.739. The first-order chi connectivity index (χ1) is 9.88. The molecule has 5 N–H and O–H groups in total. The van der Waals surface area contributed by atoms with Gasteiger partial charge in [-0.25, -0.2) is 13.6 Å². The highest BCUT2D eigenvalue weighted by molar-refractivity contribution is 7.89. The van der Waals surface area contributed by atoms with Crippen molar-refractivity contribution in [3.05, 3.63) is 29.8 Å². The quantitative estimate of drug-likeness (QED) is 0.623. The standard InChI is InChI=1S/C14H25N3O3S/c1-11(17-13(10-20-2)4-3-9-15)12-5-7-14(8-6-12)21(16,18)19/h5-8,11,13,17H,3-4,9-10,15H2,1-2H3,(H2,16,18,19). The molecule has 2 unspecified atom stereocenters. The number of methoxy groups -OCH3 is 1. The number of nitrogens with two attached hydrogens (primary N) is 2. The van der Waals surface area contributed by atoms with Gasteiger partial charge in [0.05, 0.1) is 11.5 Å². The van der Waals surface area contributed by atoms with E-state index in [1.54, 1.807) is 19.2 Å². The first-order valence-corrected chi connectivity index (χ1v) is 8.51. The van der Waals surface area contributed by atoms with Crippen LogP contribution in [0.5, 0.6) is 0 Å². The average Bonchev–Trinajstić information content (AvgIpc) is 2.44. The summed E-state index contributed by atoms with van der Waals surface area (Å²) in [6.07, 6.45) is 1.86. The van der Waals surface area contributed by atoms with Gasteiger partial charge in [-0.15, -0.1) is 0 Å². The molecular weight excluding hydrogens is 290 g/mol. The molecule has 0 aliphatic heterocycles. The molecule has 1 aromatic carbocycles. The Morgan fingerprint density at radius 2 is 1.90 bits per heavy atom. The van der Waals surface area contributed by atoms with Gasteiger partial charge in [0.15, 0.2) is 0 Å². The molecule has 0 saturated heterocycles. The molecule has 0 saturated carbocycles. The SMILES string of the molecule is COCC(CCCN)NC(C)c1ccc(S(N)(=O)=O)cc1. The zero-order valence-electron chi connectivity index (χ0n) is 12.6. The molecular formula is C14H25N3O3S. The Hall–Kier alpha value is -0.990. The van der Waals surface area contributed by atoms with Crippen molar-refractivity contribution >= 4 is 10.0 Å². The van der Waals surface area contributed by atoms with Crippen molar-refractivity contribution in [3.8, 4) is 0 Å². The lowest BCUT2D eigenvalue weighted by molar-refractivity contribution is 0.156. The Morgan fingerprint density at radius 1 is 1.29 bits per heavy atom. The molecule has 7 heteroatoms. The average molecular weight is 315 g/mol. The van der Waals surface area contributed by atoms with Crippen molar-refractivity contribution < 1.29 is 13.2 Å². The van der Waals surface area contributed by atoms with Crippen LogP contribution in [-0.2, 0) is 14.8 Å². The maximum Gasteiger partial charge on any atom is 0.238 e. The molecule has 120 valence electrons. The summed E-state index contributed by atoms with van der Waals surface area (Å²) in [6.45, 7) is 3.29. The van der Waals surface area contributed by atoms with Crippen LogP contribution in [-0.4, -0.2) is 34.7 Å². The van der Waals surface area contributed by atoms with Crippen LogP contribution in [0.4, 0.5) is 0 Å². The molecule has 1 rings (SSSR count). The van der Waals surface area contributed by atoms with Crippen LogP contribution in [0.3, 0.4) is 0 Å². The molecule has 0 amide bonds. The summed E-state index contributed by atoms with van der Waals surface area (Å²) < 4.78 is 27.7. The monoisotopic (exact) mass is 315 g/mol. The van der Waals surface area contributed by atoms with Crippen LogP contribution in [0.1, 0.15) is 31.4 Å². The van der Waals surface area contributed by atoms with Gasteiger partial charge in [0.1, 0.15) is 0 Å². The zero-order valence-corrected chi connectivity index (χ0v) is 13.4. The van der Waals surface area contributed by atoms with E-state index in [0.717, 1.165) is 18.4 Å². The fourth-order valence-corrected chi connectivity index (χ4v) is 2.69. The van der Waals surface area contributed by atoms with Crippen LogP contribution in [0.25, 0.3) is 0 Å². The third kappa shape index (κ3) is 6.11. The molecule has 2 atom stereocenters. The number of hydrogen-bond acceptors (Lipinski definition) is 5. The molecule has 0 aliphatic rings. The molecule has 21 heavy (non-hydrogen) atoms. The Labute approximate surface area is 126 Å². The van der Waals surface area contributed by atoms with Gasteiger partial charge < -0.3 is 15.8 Å². The highest BCUT2D eigenvalue weighted by atomic mass is 32.2. The van der Waals surface area contributed by atoms with Gasteiger partial charge >= 0.3 is 0 Å². The van der Waals surface area contributed by atoms with E-state index in [0.29, 0.717) is 13.2 Å². The molecule has 0 radical (unpaired) electrons. The minimum absolute atomic E-state index is 0.0810. The van der Waals surface area contributed by atoms with E-state index >= 15 is 0 Å². The second kappa shape index (κ2) is 8.45. The van der Waals surface area contributed by atoms with E-state index in [2.05, 4.69) is 5.32 Å². The third-order valence-corrected chi connectivity index (χ3v) is 4.25. The smallest absolute Gasteiger partial charge is 0.238 e.